The Hall–Kier alpha value is -2.01. The molecule has 3 rings (SSSR count). The van der Waals surface area contributed by atoms with Gasteiger partial charge in [0.15, 0.2) is 0 Å². The predicted molar refractivity (Wildman–Crippen MR) is 87.5 cm³/mol. The third-order valence-corrected chi connectivity index (χ3v) is 4.27. The molecule has 1 aromatic rings. The third-order valence-electron chi connectivity index (χ3n) is 4.27. The average Bonchev–Trinajstić information content (AvgIpc) is 2.64. The first-order chi connectivity index (χ1) is 10.9. The molecule has 2 aliphatic rings. The van der Waals surface area contributed by atoms with E-state index in [1.165, 1.54) is 7.11 Å². The van der Waals surface area contributed by atoms with E-state index < -0.39 is 0 Å². The van der Waals surface area contributed by atoms with Crippen LogP contribution in [0, 0.1) is 5.41 Å². The molecule has 0 N–H and O–H groups in total. The van der Waals surface area contributed by atoms with Crippen molar-refractivity contribution in [2.75, 3.05) is 34.0 Å². The third kappa shape index (κ3) is 2.93. The first kappa shape index (κ1) is 15.9. The van der Waals surface area contributed by atoms with Gasteiger partial charge in [-0.25, -0.2) is 0 Å². The number of carbonyl (C=O) groups is 1. The Morgan fingerprint density at radius 2 is 2.09 bits per heavy atom. The lowest BCUT2D eigenvalue weighted by Crippen LogP contribution is -2.37. The zero-order valence-electron chi connectivity index (χ0n) is 14.1. The van der Waals surface area contributed by atoms with E-state index in [-0.39, 0.29) is 17.9 Å². The molecule has 0 saturated carbocycles. The zero-order chi connectivity index (χ0) is 16.6. The molecule has 23 heavy (non-hydrogen) atoms. The van der Waals surface area contributed by atoms with Gasteiger partial charge in [0.1, 0.15) is 18.1 Å². The van der Waals surface area contributed by atoms with Crippen molar-refractivity contribution >= 4 is 11.5 Å². The van der Waals surface area contributed by atoms with Crippen molar-refractivity contribution in [3.05, 3.63) is 29.3 Å². The minimum Gasteiger partial charge on any atom is -0.496 e. The lowest BCUT2D eigenvalue weighted by Gasteiger charge is -2.32. The largest absolute Gasteiger partial charge is 0.496 e. The van der Waals surface area contributed by atoms with Gasteiger partial charge in [-0.2, -0.15) is 0 Å². The van der Waals surface area contributed by atoms with Crippen LogP contribution in [0.5, 0.6) is 11.5 Å². The monoisotopic (exact) mass is 317 g/mol. The molecular weight excluding hydrogens is 294 g/mol. The van der Waals surface area contributed by atoms with Crippen LogP contribution in [0.4, 0.5) is 0 Å². The van der Waals surface area contributed by atoms with Gasteiger partial charge in [0.25, 0.3) is 0 Å². The van der Waals surface area contributed by atoms with Crippen molar-refractivity contribution in [3.63, 3.8) is 0 Å². The summed E-state index contributed by atoms with van der Waals surface area (Å²) in [7, 11) is 3.19. The lowest BCUT2D eigenvalue weighted by molar-refractivity contribution is -0.135. The van der Waals surface area contributed by atoms with E-state index in [0.29, 0.717) is 19.7 Å². The number of hydrogen-bond acceptors (Lipinski definition) is 4. The van der Waals surface area contributed by atoms with Crippen LogP contribution in [-0.4, -0.2) is 44.8 Å². The number of carbonyl (C=O) groups excluding carboxylic acids is 1. The molecule has 5 nitrogen and oxygen atoms in total. The normalized spacial score (nSPS) is 18.4. The average molecular weight is 317 g/mol. The Kier molecular flexibility index (Phi) is 4.06. The summed E-state index contributed by atoms with van der Waals surface area (Å²) in [6.45, 7) is 6.06. The Morgan fingerprint density at radius 3 is 2.78 bits per heavy atom. The Labute approximate surface area is 136 Å². The summed E-state index contributed by atoms with van der Waals surface area (Å²) in [5.41, 5.74) is 3.11. The van der Waals surface area contributed by atoms with Gasteiger partial charge in [-0.15, -0.1) is 0 Å². The predicted octanol–water partition coefficient (Wildman–Crippen LogP) is 2.49. The molecule has 0 aromatic heterocycles. The van der Waals surface area contributed by atoms with Gasteiger partial charge in [0, 0.05) is 30.2 Å². The minimum atomic E-state index is -0.0911. The van der Waals surface area contributed by atoms with Crippen molar-refractivity contribution in [1.82, 2.24) is 4.90 Å². The van der Waals surface area contributed by atoms with Crippen molar-refractivity contribution < 1.29 is 19.0 Å². The molecule has 0 aliphatic carbocycles. The van der Waals surface area contributed by atoms with Gasteiger partial charge >= 0.3 is 0 Å². The summed E-state index contributed by atoms with van der Waals surface area (Å²) >= 11 is 0. The standard InChI is InChI=1S/C18H23NO4/c1-18(2)7-12-8-19(16(20)10-21-3)9-13-14(22-4)5-6-15(17(12)13)23-11-18/h5-7H,8-11H2,1-4H3. The van der Waals surface area contributed by atoms with Crippen molar-refractivity contribution in [2.24, 2.45) is 5.41 Å². The molecule has 5 heteroatoms. The van der Waals surface area contributed by atoms with Crippen LogP contribution in [0.25, 0.3) is 5.57 Å². The molecule has 1 amide bonds. The van der Waals surface area contributed by atoms with E-state index in [9.17, 15) is 4.79 Å². The number of benzene rings is 1. The van der Waals surface area contributed by atoms with Crippen LogP contribution >= 0.6 is 0 Å². The lowest BCUT2D eigenvalue weighted by atomic mass is 9.87. The molecular formula is C18H23NO4. The molecule has 0 unspecified atom stereocenters. The number of methoxy groups -OCH3 is 2. The maximum absolute atomic E-state index is 12.3. The van der Waals surface area contributed by atoms with Crippen LogP contribution in [0.15, 0.2) is 18.2 Å². The van der Waals surface area contributed by atoms with Crippen molar-refractivity contribution in [1.29, 1.82) is 0 Å². The molecule has 124 valence electrons. The highest BCUT2D eigenvalue weighted by Gasteiger charge is 2.33. The van der Waals surface area contributed by atoms with Gasteiger partial charge in [0.2, 0.25) is 5.91 Å². The molecule has 0 bridgehead atoms. The van der Waals surface area contributed by atoms with Gasteiger partial charge in [-0.3, -0.25) is 4.79 Å². The van der Waals surface area contributed by atoms with Gasteiger partial charge in [0.05, 0.1) is 20.3 Å². The number of nitrogens with zero attached hydrogens (tertiary/aromatic N) is 1. The fourth-order valence-electron chi connectivity index (χ4n) is 3.25. The fourth-order valence-corrected chi connectivity index (χ4v) is 3.25. The van der Waals surface area contributed by atoms with Crippen LogP contribution in [-0.2, 0) is 16.1 Å². The Balaban J connectivity index is 2.12. The van der Waals surface area contributed by atoms with Crippen LogP contribution in [0.1, 0.15) is 25.0 Å². The van der Waals surface area contributed by atoms with E-state index in [1.807, 2.05) is 17.0 Å². The highest BCUT2D eigenvalue weighted by molar-refractivity contribution is 5.85. The maximum atomic E-state index is 12.3. The number of ether oxygens (including phenoxy) is 3. The molecule has 1 aromatic carbocycles. The van der Waals surface area contributed by atoms with Gasteiger partial charge < -0.3 is 19.1 Å². The zero-order valence-corrected chi connectivity index (χ0v) is 14.1. The van der Waals surface area contributed by atoms with E-state index in [2.05, 4.69) is 19.9 Å². The Morgan fingerprint density at radius 1 is 1.30 bits per heavy atom. The van der Waals surface area contributed by atoms with E-state index >= 15 is 0 Å². The molecule has 0 spiro atoms. The summed E-state index contributed by atoms with van der Waals surface area (Å²) < 4.78 is 16.5. The molecule has 2 aliphatic heterocycles. The second kappa shape index (κ2) is 5.89. The SMILES string of the molecule is COCC(=O)N1CC2=CC(C)(C)COc3ccc(OC)c(c32)C1. The Bertz CT molecular complexity index is 663. The minimum absolute atomic E-state index is 0.0190. The number of rotatable bonds is 3. The molecule has 0 radical (unpaired) electrons. The van der Waals surface area contributed by atoms with Gasteiger partial charge in [-0.1, -0.05) is 19.9 Å². The summed E-state index contributed by atoms with van der Waals surface area (Å²) in [5.74, 6) is 1.64. The number of amides is 1. The van der Waals surface area contributed by atoms with Crippen molar-refractivity contribution in [2.45, 2.75) is 20.4 Å². The molecule has 0 saturated heterocycles. The summed E-state index contributed by atoms with van der Waals surface area (Å²) in [6.07, 6.45) is 2.22. The quantitative estimate of drug-likeness (QED) is 0.859. The smallest absolute Gasteiger partial charge is 0.249 e. The van der Waals surface area contributed by atoms with Crippen LogP contribution < -0.4 is 9.47 Å². The molecule has 0 fully saturated rings. The summed E-state index contributed by atoms with van der Waals surface area (Å²) in [6, 6.07) is 3.87. The number of hydrogen-bond donors (Lipinski definition) is 0. The van der Waals surface area contributed by atoms with Crippen LogP contribution in [0.2, 0.25) is 0 Å². The fraction of sp³-hybridized carbons (Fsp3) is 0.500. The first-order valence-electron chi connectivity index (χ1n) is 7.76. The van der Waals surface area contributed by atoms with E-state index in [4.69, 9.17) is 14.2 Å². The van der Waals surface area contributed by atoms with E-state index in [0.717, 1.165) is 28.2 Å². The topological polar surface area (TPSA) is 48.0 Å². The molecule has 0 atom stereocenters. The second-order valence-electron chi connectivity index (χ2n) is 6.75. The highest BCUT2D eigenvalue weighted by Crippen LogP contribution is 2.43. The molecule has 2 heterocycles. The van der Waals surface area contributed by atoms with Gasteiger partial charge in [-0.05, 0) is 17.7 Å². The highest BCUT2D eigenvalue weighted by atomic mass is 16.5. The van der Waals surface area contributed by atoms with Crippen LogP contribution in [0.3, 0.4) is 0 Å². The maximum Gasteiger partial charge on any atom is 0.249 e. The first-order valence-corrected chi connectivity index (χ1v) is 7.76. The summed E-state index contributed by atoms with van der Waals surface area (Å²) in [4.78, 5) is 14.1. The summed E-state index contributed by atoms with van der Waals surface area (Å²) in [5, 5.41) is 0. The second-order valence-corrected chi connectivity index (χ2v) is 6.75. The van der Waals surface area contributed by atoms with E-state index in [1.54, 1.807) is 7.11 Å². The van der Waals surface area contributed by atoms with Crippen molar-refractivity contribution in [3.8, 4) is 11.5 Å².